The SMILES string of the molecule is Cc1ccc(N/C(=N/[C@@](F)(Cn2ccnc2)c2ccc(Cl)cc2Cl)NC(=O)c2cccc(C#N)c2)cc1. The summed E-state index contributed by atoms with van der Waals surface area (Å²) in [5.41, 5.74) is 2.17. The molecule has 0 bridgehead atoms. The summed E-state index contributed by atoms with van der Waals surface area (Å²) in [7, 11) is 0. The number of imidazole rings is 1. The first-order valence-electron chi connectivity index (χ1n) is 11.1. The molecule has 1 amide bonds. The Bertz CT molecular complexity index is 1480. The molecule has 7 nitrogen and oxygen atoms in total. The Morgan fingerprint density at radius 3 is 2.62 bits per heavy atom. The fourth-order valence-corrected chi connectivity index (χ4v) is 4.10. The van der Waals surface area contributed by atoms with Crippen LogP contribution in [0, 0.1) is 18.3 Å². The number of nitrogens with zero attached hydrogens (tertiary/aromatic N) is 4. The summed E-state index contributed by atoms with van der Waals surface area (Å²) in [6.45, 7) is 1.65. The lowest BCUT2D eigenvalue weighted by atomic mass is 10.0. The number of nitrogens with one attached hydrogen (secondary N) is 2. The number of alkyl halides is 1. The molecule has 0 saturated heterocycles. The Morgan fingerprint density at radius 1 is 1.16 bits per heavy atom. The molecule has 0 aliphatic rings. The van der Waals surface area contributed by atoms with E-state index in [-0.39, 0.29) is 28.7 Å². The predicted molar refractivity (Wildman–Crippen MR) is 142 cm³/mol. The van der Waals surface area contributed by atoms with E-state index in [4.69, 9.17) is 23.2 Å². The quantitative estimate of drug-likeness (QED) is 0.178. The number of hydrogen-bond acceptors (Lipinski definition) is 4. The Balaban J connectivity index is 1.79. The number of aromatic nitrogens is 2. The van der Waals surface area contributed by atoms with E-state index in [9.17, 15) is 10.1 Å². The molecule has 1 atom stereocenters. The van der Waals surface area contributed by atoms with Crippen LogP contribution in [-0.4, -0.2) is 21.4 Å². The average molecular weight is 535 g/mol. The van der Waals surface area contributed by atoms with Gasteiger partial charge in [0.05, 0.1) is 29.5 Å². The molecule has 0 fully saturated rings. The van der Waals surface area contributed by atoms with Crippen LogP contribution in [0.4, 0.5) is 10.1 Å². The highest BCUT2D eigenvalue weighted by Crippen LogP contribution is 2.36. The van der Waals surface area contributed by atoms with Crippen LogP contribution in [0.25, 0.3) is 0 Å². The van der Waals surface area contributed by atoms with Gasteiger partial charge in [-0.1, -0.05) is 53.0 Å². The number of anilines is 1. The molecule has 1 aromatic heterocycles. The lowest BCUT2D eigenvalue weighted by molar-refractivity contribution is 0.0975. The van der Waals surface area contributed by atoms with Crippen LogP contribution in [0.3, 0.4) is 0 Å². The number of aliphatic imine (C=N–C) groups is 1. The second-order valence-electron chi connectivity index (χ2n) is 8.22. The number of carbonyl (C=O) groups is 1. The van der Waals surface area contributed by atoms with E-state index < -0.39 is 11.7 Å². The normalized spacial score (nSPS) is 12.9. The third-order valence-electron chi connectivity index (χ3n) is 5.38. The first-order chi connectivity index (χ1) is 17.8. The van der Waals surface area contributed by atoms with Crippen LogP contribution in [0.15, 0.2) is 90.4 Å². The second-order valence-corrected chi connectivity index (χ2v) is 9.06. The number of carbonyl (C=O) groups excluding carboxylic acids is 1. The lowest BCUT2D eigenvalue weighted by Gasteiger charge is -2.25. The van der Waals surface area contributed by atoms with Gasteiger partial charge in [-0.05, 0) is 49.4 Å². The van der Waals surface area contributed by atoms with E-state index in [1.807, 2.05) is 25.1 Å². The molecule has 0 aliphatic carbocycles. The van der Waals surface area contributed by atoms with Crippen molar-refractivity contribution in [1.82, 2.24) is 14.9 Å². The van der Waals surface area contributed by atoms with Crippen molar-refractivity contribution >= 4 is 40.8 Å². The molecule has 1 heterocycles. The molecule has 37 heavy (non-hydrogen) atoms. The fourth-order valence-electron chi connectivity index (χ4n) is 3.55. The number of aryl methyl sites for hydroxylation is 1. The molecule has 0 radical (unpaired) electrons. The summed E-state index contributed by atoms with van der Waals surface area (Å²) in [6, 6.07) is 19.8. The minimum Gasteiger partial charge on any atom is -0.332 e. The van der Waals surface area contributed by atoms with E-state index in [1.54, 1.807) is 36.5 Å². The van der Waals surface area contributed by atoms with Crippen molar-refractivity contribution in [1.29, 1.82) is 5.26 Å². The summed E-state index contributed by atoms with van der Waals surface area (Å²) in [6.07, 6.45) is 4.56. The molecule has 4 aromatic rings. The zero-order valence-corrected chi connectivity index (χ0v) is 21.1. The summed E-state index contributed by atoms with van der Waals surface area (Å²) in [5.74, 6) is -3.18. The van der Waals surface area contributed by atoms with Gasteiger partial charge in [-0.15, -0.1) is 0 Å². The fraction of sp³-hybridized carbons (Fsp3) is 0.111. The Labute approximate surface area is 223 Å². The molecular weight excluding hydrogens is 514 g/mol. The molecule has 0 saturated carbocycles. The van der Waals surface area contributed by atoms with Gasteiger partial charge in [0.15, 0.2) is 0 Å². The number of guanidine groups is 1. The van der Waals surface area contributed by atoms with Crippen LogP contribution < -0.4 is 10.6 Å². The standard InChI is InChI=1S/C27H21Cl2FN6O/c1-18-5-8-22(9-6-18)33-26(34-25(37)20-4-2-3-19(13-20)15-31)35-27(30,16-36-12-11-32-17-36)23-10-7-21(28)14-24(23)29/h2-14,17H,16H2,1H3,(H2,33,34,35,37)/t27-/m0/s1. The third kappa shape index (κ3) is 6.53. The highest BCUT2D eigenvalue weighted by atomic mass is 35.5. The van der Waals surface area contributed by atoms with Crippen molar-refractivity contribution < 1.29 is 9.18 Å². The van der Waals surface area contributed by atoms with E-state index in [0.717, 1.165) is 5.56 Å². The van der Waals surface area contributed by atoms with Gasteiger partial charge < -0.3 is 9.88 Å². The second kappa shape index (κ2) is 11.2. The number of hydrogen-bond donors (Lipinski definition) is 2. The highest BCUT2D eigenvalue weighted by molar-refractivity contribution is 6.35. The summed E-state index contributed by atoms with van der Waals surface area (Å²) < 4.78 is 18.4. The number of halogens is 3. The molecular formula is C27H21Cl2FN6O. The molecule has 0 aliphatic heterocycles. The molecule has 0 unspecified atom stereocenters. The first kappa shape index (κ1) is 25.9. The van der Waals surface area contributed by atoms with Gasteiger partial charge in [0, 0.05) is 34.2 Å². The van der Waals surface area contributed by atoms with Crippen LogP contribution in [0.5, 0.6) is 0 Å². The molecule has 3 aromatic carbocycles. The maximum absolute atomic E-state index is 16.9. The monoisotopic (exact) mass is 534 g/mol. The largest absolute Gasteiger partial charge is 0.332 e. The third-order valence-corrected chi connectivity index (χ3v) is 5.93. The van der Waals surface area contributed by atoms with Gasteiger partial charge in [-0.25, -0.2) is 14.4 Å². The zero-order valence-electron chi connectivity index (χ0n) is 19.6. The predicted octanol–water partition coefficient (Wildman–Crippen LogP) is 6.09. The minimum absolute atomic E-state index is 0.0520. The van der Waals surface area contributed by atoms with Gasteiger partial charge in [0.2, 0.25) is 11.8 Å². The van der Waals surface area contributed by atoms with Gasteiger partial charge >= 0.3 is 0 Å². The van der Waals surface area contributed by atoms with Crippen molar-refractivity contribution in [2.45, 2.75) is 19.3 Å². The summed E-state index contributed by atoms with van der Waals surface area (Å²) >= 11 is 12.4. The van der Waals surface area contributed by atoms with Crippen LogP contribution >= 0.6 is 23.2 Å². The molecule has 0 spiro atoms. The van der Waals surface area contributed by atoms with Crippen molar-refractivity contribution in [2.75, 3.05) is 5.32 Å². The first-order valence-corrected chi connectivity index (χ1v) is 11.9. The zero-order chi connectivity index (χ0) is 26.4. The van der Waals surface area contributed by atoms with Gasteiger partial charge in [0.25, 0.3) is 5.91 Å². The van der Waals surface area contributed by atoms with Crippen molar-refractivity contribution in [3.8, 4) is 6.07 Å². The van der Waals surface area contributed by atoms with Gasteiger partial charge in [-0.3, -0.25) is 10.1 Å². The number of nitriles is 1. The number of rotatable bonds is 6. The number of amides is 1. The smallest absolute Gasteiger partial charge is 0.258 e. The van der Waals surface area contributed by atoms with E-state index in [0.29, 0.717) is 16.3 Å². The molecule has 10 heteroatoms. The Kier molecular flexibility index (Phi) is 7.87. The van der Waals surface area contributed by atoms with Crippen molar-refractivity contribution in [2.24, 2.45) is 4.99 Å². The Hall–Kier alpha value is -4.19. The number of benzene rings is 3. The molecule has 2 N–H and O–H groups in total. The van der Waals surface area contributed by atoms with Crippen LogP contribution in [0.1, 0.15) is 27.0 Å². The summed E-state index contributed by atoms with van der Waals surface area (Å²) in [4.78, 5) is 21.4. The summed E-state index contributed by atoms with van der Waals surface area (Å²) in [5, 5.41) is 15.2. The Morgan fingerprint density at radius 2 is 1.95 bits per heavy atom. The van der Waals surface area contributed by atoms with E-state index in [2.05, 4.69) is 20.6 Å². The lowest BCUT2D eigenvalue weighted by Crippen LogP contribution is -2.39. The van der Waals surface area contributed by atoms with Gasteiger partial charge in [-0.2, -0.15) is 5.26 Å². The van der Waals surface area contributed by atoms with E-state index in [1.165, 1.54) is 41.4 Å². The molecule has 186 valence electrons. The highest BCUT2D eigenvalue weighted by Gasteiger charge is 2.35. The van der Waals surface area contributed by atoms with Crippen LogP contribution in [-0.2, 0) is 12.3 Å². The average Bonchev–Trinajstić information content (AvgIpc) is 3.38. The van der Waals surface area contributed by atoms with E-state index >= 15 is 4.39 Å². The van der Waals surface area contributed by atoms with Crippen LogP contribution in [0.2, 0.25) is 10.0 Å². The van der Waals surface area contributed by atoms with Crippen molar-refractivity contribution in [3.05, 3.63) is 118 Å². The van der Waals surface area contributed by atoms with Gasteiger partial charge in [0.1, 0.15) is 0 Å². The maximum atomic E-state index is 16.9. The van der Waals surface area contributed by atoms with Crippen molar-refractivity contribution in [3.63, 3.8) is 0 Å². The molecule has 4 rings (SSSR count). The maximum Gasteiger partial charge on any atom is 0.258 e. The minimum atomic E-state index is -2.43. The topological polar surface area (TPSA) is 95.1 Å².